The van der Waals surface area contributed by atoms with E-state index in [9.17, 15) is 0 Å². The van der Waals surface area contributed by atoms with E-state index in [2.05, 4.69) is 64.5 Å². The predicted octanol–water partition coefficient (Wildman–Crippen LogP) is 3.82. The lowest BCUT2D eigenvalue weighted by molar-refractivity contribution is 1.72. The first-order valence-electron chi connectivity index (χ1n) is 4.16. The van der Waals surface area contributed by atoms with Gasteiger partial charge in [-0.1, -0.05) is 58.4 Å². The van der Waals surface area contributed by atoms with E-state index in [1.165, 1.54) is 16.3 Å². The Hall–Kier alpha value is -0.863. The highest BCUT2D eigenvalue weighted by atomic mass is 79.9. The van der Waals surface area contributed by atoms with Crippen molar-refractivity contribution in [2.45, 2.75) is 0 Å². The van der Waals surface area contributed by atoms with Gasteiger partial charge in [-0.2, -0.15) is 0 Å². The van der Waals surface area contributed by atoms with Crippen LogP contribution in [-0.4, -0.2) is 11.0 Å². The molecule has 0 bridgehead atoms. The van der Waals surface area contributed by atoms with Gasteiger partial charge in [0.25, 0.3) is 0 Å². The molecule has 0 aliphatic carbocycles. The smallest absolute Gasteiger partial charge is 0 e. The summed E-state index contributed by atoms with van der Waals surface area (Å²) in [6.45, 7) is 0. The molecule has 2 rings (SSSR count). The minimum absolute atomic E-state index is 0. The molecule has 0 unspecified atom stereocenters. The molecule has 0 aliphatic rings. The summed E-state index contributed by atoms with van der Waals surface area (Å²) in [5, 5.41) is 2.58. The number of hydrogen-bond donors (Lipinski definition) is 0. The van der Waals surface area contributed by atoms with Crippen molar-refractivity contribution in [3.63, 3.8) is 0 Å². The normalized spacial score (nSPS) is 10.4. The lowest BCUT2D eigenvalue weighted by atomic mass is 10.1. The Morgan fingerprint density at radius 3 is 2.43 bits per heavy atom. The van der Waals surface area contributed by atoms with Crippen molar-refractivity contribution in [3.8, 4) is 0 Å². The number of hydrogen-bond acceptors (Lipinski definition) is 0. The van der Waals surface area contributed by atoms with Gasteiger partial charge in [0.15, 0.2) is 0 Å². The van der Waals surface area contributed by atoms with Crippen LogP contribution in [0.2, 0.25) is 0 Å². The Balaban J connectivity index is 0.000000980. The molecule has 0 nitrogen and oxygen atoms in total. The van der Waals surface area contributed by atoms with E-state index >= 15 is 0 Å². The third kappa shape index (κ3) is 2.14. The van der Waals surface area contributed by atoms with Gasteiger partial charge in [0.05, 0.1) is 0 Å². The highest BCUT2D eigenvalue weighted by Crippen LogP contribution is 2.19. The Morgan fingerprint density at radius 2 is 1.64 bits per heavy atom. The van der Waals surface area contributed by atoms with Crippen LogP contribution in [0, 0.1) is 0 Å². The van der Waals surface area contributed by atoms with Gasteiger partial charge in [0.1, 0.15) is 0 Å². The Bertz CT molecular complexity index is 444. The molecule has 0 amide bonds. The lowest BCUT2D eigenvalue weighted by Crippen LogP contribution is -1.76. The summed E-state index contributed by atoms with van der Waals surface area (Å²) in [6, 6.07) is 14.7. The molecule has 68 valence electrons. The molecule has 0 aromatic heterocycles. The van der Waals surface area contributed by atoms with Gasteiger partial charge in [-0.05, 0) is 27.4 Å². The third-order valence-electron chi connectivity index (χ3n) is 2.07. The molecular weight excluding hydrogens is 252 g/mol. The molecule has 0 heterocycles. The maximum absolute atomic E-state index is 3.29. The summed E-state index contributed by atoms with van der Waals surface area (Å²) in [6.07, 6.45) is 2.06. The molecule has 2 aromatic carbocycles. The van der Waals surface area contributed by atoms with Crippen LogP contribution < -0.4 is 0 Å². The molecule has 0 saturated carbocycles. The highest BCUT2D eigenvalue weighted by molar-refractivity contribution is 9.11. The molecule has 14 heavy (non-hydrogen) atoms. The van der Waals surface area contributed by atoms with Gasteiger partial charge in [-0.25, -0.2) is 0 Å². The first-order valence-corrected chi connectivity index (χ1v) is 5.08. The largest absolute Gasteiger partial charge is 0.0616 e. The van der Waals surface area contributed by atoms with E-state index in [4.69, 9.17) is 0 Å². The fourth-order valence-corrected chi connectivity index (χ4v) is 1.75. The molecule has 0 N–H and O–H groups in total. The first-order chi connectivity index (χ1) is 6.42. The van der Waals surface area contributed by atoms with E-state index in [1.54, 1.807) is 0 Å². The Morgan fingerprint density at radius 1 is 0.929 bits per heavy atom. The molecule has 2 aromatic rings. The predicted molar refractivity (Wildman–Crippen MR) is 67.7 cm³/mol. The van der Waals surface area contributed by atoms with Crippen molar-refractivity contribution in [2.24, 2.45) is 0 Å². The lowest BCUT2D eigenvalue weighted by Gasteiger charge is -2.00. The van der Waals surface area contributed by atoms with E-state index in [-0.39, 0.29) is 11.0 Å². The SMILES string of the molecule is BrC=Cc1cccc2ccccc12.[Si]. The zero-order chi connectivity index (χ0) is 9.10. The maximum atomic E-state index is 3.29. The van der Waals surface area contributed by atoms with Gasteiger partial charge >= 0.3 is 0 Å². The van der Waals surface area contributed by atoms with Crippen LogP contribution in [0.4, 0.5) is 0 Å². The summed E-state index contributed by atoms with van der Waals surface area (Å²) in [4.78, 5) is 1.88. The topological polar surface area (TPSA) is 0 Å². The van der Waals surface area contributed by atoms with Crippen molar-refractivity contribution < 1.29 is 0 Å². The average molecular weight is 261 g/mol. The number of benzene rings is 2. The summed E-state index contributed by atoms with van der Waals surface area (Å²) in [5.74, 6) is 0. The fraction of sp³-hybridized carbons (Fsp3) is 0. The average Bonchev–Trinajstić information content (AvgIpc) is 2.19. The van der Waals surface area contributed by atoms with Crippen molar-refractivity contribution >= 4 is 43.7 Å². The number of halogens is 1. The van der Waals surface area contributed by atoms with Crippen LogP contribution in [0.3, 0.4) is 0 Å². The summed E-state index contributed by atoms with van der Waals surface area (Å²) in [5.41, 5.74) is 1.25. The molecule has 2 heteroatoms. The van der Waals surface area contributed by atoms with E-state index in [0.717, 1.165) is 0 Å². The Kier molecular flexibility index (Phi) is 4.11. The first kappa shape index (κ1) is 11.2. The second-order valence-corrected chi connectivity index (χ2v) is 3.39. The van der Waals surface area contributed by atoms with Crippen molar-refractivity contribution in [2.75, 3.05) is 0 Å². The van der Waals surface area contributed by atoms with Crippen LogP contribution >= 0.6 is 15.9 Å². The van der Waals surface area contributed by atoms with E-state index in [0.29, 0.717) is 0 Å². The van der Waals surface area contributed by atoms with Crippen LogP contribution in [0.25, 0.3) is 16.8 Å². The van der Waals surface area contributed by atoms with Gasteiger partial charge in [-0.3, -0.25) is 0 Å². The molecule has 0 fully saturated rings. The van der Waals surface area contributed by atoms with Gasteiger partial charge in [0.2, 0.25) is 0 Å². The summed E-state index contributed by atoms with van der Waals surface area (Å²) in [7, 11) is 0. The maximum Gasteiger partial charge on any atom is 0 e. The molecule has 0 saturated heterocycles. The molecular formula is C12H9BrSi. The van der Waals surface area contributed by atoms with E-state index in [1.807, 2.05) is 4.99 Å². The molecule has 0 spiro atoms. The molecule has 0 atom stereocenters. The zero-order valence-electron chi connectivity index (χ0n) is 7.57. The van der Waals surface area contributed by atoms with Crippen molar-refractivity contribution in [1.82, 2.24) is 0 Å². The van der Waals surface area contributed by atoms with Crippen LogP contribution in [0.5, 0.6) is 0 Å². The second kappa shape index (κ2) is 5.13. The number of fused-ring (bicyclic) bond motifs is 1. The minimum Gasteiger partial charge on any atom is -0.0616 e. The number of rotatable bonds is 1. The third-order valence-corrected chi connectivity index (χ3v) is 2.33. The second-order valence-electron chi connectivity index (χ2n) is 2.86. The Labute approximate surface area is 96.8 Å². The standard InChI is InChI=1S/C12H9Br.Si/c13-9-8-11-6-3-5-10-4-1-2-7-12(10)11;/h1-9H;. The van der Waals surface area contributed by atoms with Crippen LogP contribution in [0.15, 0.2) is 47.4 Å². The molecule has 4 radical (unpaired) electrons. The van der Waals surface area contributed by atoms with Crippen LogP contribution in [0.1, 0.15) is 5.56 Å². The van der Waals surface area contributed by atoms with Crippen LogP contribution in [-0.2, 0) is 0 Å². The van der Waals surface area contributed by atoms with Crippen molar-refractivity contribution in [3.05, 3.63) is 53.0 Å². The zero-order valence-corrected chi connectivity index (χ0v) is 10.2. The van der Waals surface area contributed by atoms with Gasteiger partial charge in [-0.15, -0.1) is 0 Å². The van der Waals surface area contributed by atoms with E-state index < -0.39 is 0 Å². The molecule has 0 aliphatic heterocycles. The monoisotopic (exact) mass is 260 g/mol. The highest BCUT2D eigenvalue weighted by Gasteiger charge is 1.94. The quantitative estimate of drug-likeness (QED) is 0.684. The minimum atomic E-state index is 0. The van der Waals surface area contributed by atoms with Gasteiger partial charge in [0, 0.05) is 11.0 Å². The summed E-state index contributed by atoms with van der Waals surface area (Å²) < 4.78 is 0. The van der Waals surface area contributed by atoms with Crippen molar-refractivity contribution in [1.29, 1.82) is 0 Å². The fourth-order valence-electron chi connectivity index (χ4n) is 1.46. The summed E-state index contributed by atoms with van der Waals surface area (Å²) >= 11 is 3.29. The van der Waals surface area contributed by atoms with Gasteiger partial charge < -0.3 is 0 Å².